The van der Waals surface area contributed by atoms with Crippen molar-refractivity contribution in [2.45, 2.75) is 34.2 Å². The number of thiazole rings is 1. The molecule has 0 aliphatic carbocycles. The fourth-order valence-electron chi connectivity index (χ4n) is 2.89. The summed E-state index contributed by atoms with van der Waals surface area (Å²) in [4.78, 5) is 17.9. The van der Waals surface area contributed by atoms with Gasteiger partial charge >= 0.3 is 0 Å². The normalized spacial score (nSPS) is 10.8. The van der Waals surface area contributed by atoms with Gasteiger partial charge in [0.05, 0.1) is 12.2 Å². The maximum atomic E-state index is 12.2. The van der Waals surface area contributed by atoms with Crippen molar-refractivity contribution in [1.29, 1.82) is 0 Å². The minimum Gasteiger partial charge on any atom is -0.484 e. The topological polar surface area (TPSA) is 51.2 Å². The fourth-order valence-corrected chi connectivity index (χ4v) is 4.09. The van der Waals surface area contributed by atoms with Crippen molar-refractivity contribution >= 4 is 28.8 Å². The Hall–Kier alpha value is -2.37. The van der Waals surface area contributed by atoms with Gasteiger partial charge in [-0.1, -0.05) is 35.9 Å². The second-order valence-corrected chi connectivity index (χ2v) is 8.24. The van der Waals surface area contributed by atoms with E-state index in [0.717, 1.165) is 37.3 Å². The summed E-state index contributed by atoms with van der Waals surface area (Å²) in [5, 5.41) is 4.61. The first-order valence-electron chi connectivity index (χ1n) is 9.03. The molecule has 28 heavy (non-hydrogen) atoms. The number of aromatic nitrogens is 1. The van der Waals surface area contributed by atoms with Gasteiger partial charge in [-0.3, -0.25) is 4.79 Å². The lowest BCUT2D eigenvalue weighted by Gasteiger charge is -2.10. The summed E-state index contributed by atoms with van der Waals surface area (Å²) in [5.41, 5.74) is 5.12. The smallest absolute Gasteiger partial charge is 0.258 e. The van der Waals surface area contributed by atoms with Crippen molar-refractivity contribution in [2.24, 2.45) is 0 Å². The molecule has 2 aromatic carbocycles. The molecule has 146 valence electrons. The highest BCUT2D eigenvalue weighted by Crippen LogP contribution is 2.30. The first-order valence-corrected chi connectivity index (χ1v) is 10.2. The summed E-state index contributed by atoms with van der Waals surface area (Å²) < 4.78 is 5.61. The second-order valence-electron chi connectivity index (χ2n) is 6.78. The number of hydrogen-bond donors (Lipinski definition) is 1. The first kappa shape index (κ1) is 20.4. The Morgan fingerprint density at radius 3 is 2.46 bits per heavy atom. The van der Waals surface area contributed by atoms with E-state index in [-0.39, 0.29) is 12.5 Å². The number of hydrogen-bond acceptors (Lipinski definition) is 4. The van der Waals surface area contributed by atoms with Gasteiger partial charge < -0.3 is 10.1 Å². The molecule has 0 unspecified atom stereocenters. The van der Waals surface area contributed by atoms with Crippen LogP contribution in [-0.4, -0.2) is 17.5 Å². The van der Waals surface area contributed by atoms with Crippen molar-refractivity contribution in [2.75, 3.05) is 6.61 Å². The highest BCUT2D eigenvalue weighted by molar-refractivity contribution is 7.15. The maximum absolute atomic E-state index is 12.2. The minimum absolute atomic E-state index is 0.0387. The van der Waals surface area contributed by atoms with Crippen LogP contribution in [0.3, 0.4) is 0 Å². The molecule has 0 radical (unpaired) electrons. The van der Waals surface area contributed by atoms with Gasteiger partial charge in [-0.05, 0) is 56.5 Å². The Balaban J connectivity index is 1.59. The van der Waals surface area contributed by atoms with Gasteiger partial charge in [0.2, 0.25) is 0 Å². The van der Waals surface area contributed by atoms with E-state index in [2.05, 4.69) is 29.4 Å². The predicted octanol–water partition coefficient (Wildman–Crippen LogP) is 5.39. The fraction of sp³-hybridized carbons (Fsp3) is 0.273. The molecule has 3 aromatic rings. The lowest BCUT2D eigenvalue weighted by Crippen LogP contribution is -2.28. The zero-order chi connectivity index (χ0) is 20.3. The quantitative estimate of drug-likeness (QED) is 0.588. The zero-order valence-corrected chi connectivity index (χ0v) is 18.0. The van der Waals surface area contributed by atoms with Gasteiger partial charge in [0.15, 0.2) is 6.61 Å². The third-order valence-electron chi connectivity index (χ3n) is 4.49. The second kappa shape index (κ2) is 8.76. The number of benzene rings is 2. The molecule has 4 nitrogen and oxygen atoms in total. The standard InChI is InChI=1S/C22H23ClN2O2S/c1-13-7-5-6-8-18(13)22-25-16(4)19(28-22)11-24-20(26)12-27-17-9-14(2)21(23)15(3)10-17/h5-10H,11-12H2,1-4H3,(H,24,26). The average molecular weight is 415 g/mol. The number of ether oxygens (including phenoxy) is 1. The number of rotatable bonds is 6. The Morgan fingerprint density at radius 1 is 1.11 bits per heavy atom. The maximum Gasteiger partial charge on any atom is 0.258 e. The van der Waals surface area contributed by atoms with Crippen LogP contribution in [-0.2, 0) is 11.3 Å². The number of aryl methyl sites for hydroxylation is 4. The molecule has 0 bridgehead atoms. The third-order valence-corrected chi connectivity index (χ3v) is 6.28. The minimum atomic E-state index is -0.171. The molecule has 0 aliphatic heterocycles. The van der Waals surface area contributed by atoms with Crippen LogP contribution in [0.15, 0.2) is 36.4 Å². The summed E-state index contributed by atoms with van der Waals surface area (Å²) in [6.07, 6.45) is 0. The van der Waals surface area contributed by atoms with Crippen molar-refractivity contribution < 1.29 is 9.53 Å². The highest BCUT2D eigenvalue weighted by atomic mass is 35.5. The zero-order valence-electron chi connectivity index (χ0n) is 16.4. The summed E-state index contributed by atoms with van der Waals surface area (Å²) in [7, 11) is 0. The molecule has 0 aliphatic rings. The van der Waals surface area contributed by atoms with Crippen LogP contribution in [0.25, 0.3) is 10.6 Å². The van der Waals surface area contributed by atoms with E-state index >= 15 is 0 Å². The average Bonchev–Trinajstić information content (AvgIpc) is 3.03. The van der Waals surface area contributed by atoms with Crippen LogP contribution in [0, 0.1) is 27.7 Å². The van der Waals surface area contributed by atoms with Crippen LogP contribution >= 0.6 is 22.9 Å². The van der Waals surface area contributed by atoms with E-state index < -0.39 is 0 Å². The summed E-state index contributed by atoms with van der Waals surface area (Å²) >= 11 is 7.77. The van der Waals surface area contributed by atoms with E-state index in [4.69, 9.17) is 16.3 Å². The number of carbonyl (C=O) groups is 1. The van der Waals surface area contributed by atoms with Gasteiger partial charge in [0.25, 0.3) is 5.91 Å². The molecule has 0 spiro atoms. The van der Waals surface area contributed by atoms with Gasteiger partial charge in [0, 0.05) is 15.5 Å². The van der Waals surface area contributed by atoms with Gasteiger partial charge in [0.1, 0.15) is 10.8 Å². The molecule has 0 atom stereocenters. The van der Waals surface area contributed by atoms with Crippen molar-refractivity contribution in [3.05, 3.63) is 68.7 Å². The van der Waals surface area contributed by atoms with Crippen molar-refractivity contribution in [3.8, 4) is 16.3 Å². The van der Waals surface area contributed by atoms with Crippen LogP contribution in [0.5, 0.6) is 5.75 Å². The molecular weight excluding hydrogens is 392 g/mol. The predicted molar refractivity (Wildman–Crippen MR) is 115 cm³/mol. The molecule has 0 fully saturated rings. The number of halogens is 1. The molecular formula is C22H23ClN2O2S. The Morgan fingerprint density at radius 2 is 1.79 bits per heavy atom. The molecule has 3 rings (SSSR count). The van der Waals surface area contributed by atoms with Gasteiger partial charge in [-0.25, -0.2) is 4.98 Å². The number of nitrogens with zero attached hydrogens (tertiary/aromatic N) is 1. The lowest BCUT2D eigenvalue weighted by atomic mass is 10.1. The van der Waals surface area contributed by atoms with Gasteiger partial charge in [-0.15, -0.1) is 11.3 Å². The largest absolute Gasteiger partial charge is 0.484 e. The SMILES string of the molecule is Cc1ccccc1-c1nc(C)c(CNC(=O)COc2cc(C)c(Cl)c(C)c2)s1. The Bertz CT molecular complexity index is 991. The van der Waals surface area contributed by atoms with Crippen LogP contribution in [0.2, 0.25) is 5.02 Å². The molecule has 1 heterocycles. The van der Waals surface area contributed by atoms with Crippen molar-refractivity contribution in [1.82, 2.24) is 10.3 Å². The molecule has 1 aromatic heterocycles. The van der Waals surface area contributed by atoms with Crippen LogP contribution in [0.1, 0.15) is 27.3 Å². The van der Waals surface area contributed by atoms with Gasteiger partial charge in [-0.2, -0.15) is 0 Å². The number of amides is 1. The Labute approximate surface area is 174 Å². The highest BCUT2D eigenvalue weighted by Gasteiger charge is 2.12. The van der Waals surface area contributed by atoms with Crippen molar-refractivity contribution in [3.63, 3.8) is 0 Å². The van der Waals surface area contributed by atoms with E-state index in [1.807, 2.05) is 45.0 Å². The molecule has 0 saturated carbocycles. The Kier molecular flexibility index (Phi) is 6.37. The molecule has 1 amide bonds. The lowest BCUT2D eigenvalue weighted by molar-refractivity contribution is -0.123. The monoisotopic (exact) mass is 414 g/mol. The summed E-state index contributed by atoms with van der Waals surface area (Å²) in [5.74, 6) is 0.473. The summed E-state index contributed by atoms with van der Waals surface area (Å²) in [6, 6.07) is 11.8. The molecule has 0 saturated heterocycles. The van der Waals surface area contributed by atoms with E-state index in [1.54, 1.807) is 11.3 Å². The number of carbonyl (C=O) groups excluding carboxylic acids is 1. The summed E-state index contributed by atoms with van der Waals surface area (Å²) in [6.45, 7) is 8.28. The third kappa shape index (κ3) is 4.72. The van der Waals surface area contributed by atoms with Crippen LogP contribution < -0.4 is 10.1 Å². The molecule has 6 heteroatoms. The molecule has 1 N–H and O–H groups in total. The number of nitrogens with one attached hydrogen (secondary N) is 1. The van der Waals surface area contributed by atoms with E-state index in [0.29, 0.717) is 12.3 Å². The van der Waals surface area contributed by atoms with E-state index in [9.17, 15) is 4.79 Å². The first-order chi connectivity index (χ1) is 13.3. The van der Waals surface area contributed by atoms with E-state index in [1.165, 1.54) is 5.56 Å². The van der Waals surface area contributed by atoms with Crippen LogP contribution in [0.4, 0.5) is 0 Å².